The van der Waals surface area contributed by atoms with Crippen molar-refractivity contribution < 1.29 is 32.3 Å². The van der Waals surface area contributed by atoms with E-state index in [2.05, 4.69) is 55.3 Å². The second-order valence-electron chi connectivity index (χ2n) is 13.5. The van der Waals surface area contributed by atoms with Crippen LogP contribution >= 0.6 is 0 Å². The van der Waals surface area contributed by atoms with Crippen LogP contribution < -0.4 is 26.6 Å². The molecule has 3 aromatic carbocycles. The van der Waals surface area contributed by atoms with E-state index < -0.39 is 23.7 Å². The SMILES string of the molecule is CCN(CC)CCNC(=O)c1c(C)[nH]c(/C=C2\C(=O)Nc3cc(NC(=O)Nc4cccc(NC(=O)c5cc(-n6cnc(C)c6)cc(C(F)(F)F)c5)c4)ccc32)c1C. The summed E-state index contributed by atoms with van der Waals surface area (Å²) in [6.45, 7) is 12.5. The number of amides is 5. The van der Waals surface area contributed by atoms with Gasteiger partial charge < -0.3 is 41.0 Å². The maximum atomic E-state index is 13.7. The van der Waals surface area contributed by atoms with Crippen LogP contribution in [-0.2, 0) is 11.0 Å². The van der Waals surface area contributed by atoms with E-state index in [9.17, 15) is 32.3 Å². The minimum absolute atomic E-state index is 0.114. The number of aryl methyl sites for hydroxylation is 2. The highest BCUT2D eigenvalue weighted by Gasteiger charge is 2.32. The monoisotopic (exact) mass is 781 g/mol. The smallest absolute Gasteiger partial charge is 0.358 e. The third-order valence-electron chi connectivity index (χ3n) is 9.56. The Morgan fingerprint density at radius 2 is 1.60 bits per heavy atom. The first-order valence-electron chi connectivity index (χ1n) is 18.2. The molecule has 13 nitrogen and oxygen atoms in total. The Hall–Kier alpha value is -6.68. The van der Waals surface area contributed by atoms with E-state index in [1.165, 1.54) is 29.1 Å². The molecular weight excluding hydrogens is 740 g/mol. The topological polar surface area (TPSA) is 165 Å². The van der Waals surface area contributed by atoms with Crippen molar-refractivity contribution in [1.82, 2.24) is 24.8 Å². The Morgan fingerprint density at radius 1 is 0.895 bits per heavy atom. The zero-order valence-corrected chi connectivity index (χ0v) is 31.9. The van der Waals surface area contributed by atoms with Gasteiger partial charge in [0.1, 0.15) is 0 Å². The lowest BCUT2D eigenvalue weighted by Crippen LogP contribution is -2.35. The quantitative estimate of drug-likeness (QED) is 0.0714. The number of hydrogen-bond donors (Lipinski definition) is 6. The molecule has 0 atom stereocenters. The summed E-state index contributed by atoms with van der Waals surface area (Å²) in [5, 5.41) is 13.8. The first kappa shape index (κ1) is 40.0. The van der Waals surface area contributed by atoms with Crippen LogP contribution in [0.3, 0.4) is 0 Å². The first-order valence-corrected chi connectivity index (χ1v) is 18.2. The first-order chi connectivity index (χ1) is 27.1. The number of H-pyrrole nitrogens is 1. The van der Waals surface area contributed by atoms with Gasteiger partial charge in [-0.05, 0) is 94.0 Å². The molecule has 0 bridgehead atoms. The Bertz CT molecular complexity index is 2390. The highest BCUT2D eigenvalue weighted by atomic mass is 19.4. The Kier molecular flexibility index (Phi) is 11.6. The molecule has 1 aliphatic heterocycles. The van der Waals surface area contributed by atoms with E-state index in [4.69, 9.17) is 0 Å². The number of imidazole rings is 1. The predicted octanol–water partition coefficient (Wildman–Crippen LogP) is 7.61. The maximum absolute atomic E-state index is 13.7. The van der Waals surface area contributed by atoms with Gasteiger partial charge in [-0.25, -0.2) is 9.78 Å². The van der Waals surface area contributed by atoms with Gasteiger partial charge in [0.15, 0.2) is 0 Å². The minimum atomic E-state index is -4.70. The number of rotatable bonds is 12. The van der Waals surface area contributed by atoms with Gasteiger partial charge in [0, 0.05) is 64.6 Å². The zero-order chi connectivity index (χ0) is 41.0. The highest BCUT2D eigenvalue weighted by Crippen LogP contribution is 2.36. The molecule has 0 saturated heterocycles. The lowest BCUT2D eigenvalue weighted by Gasteiger charge is -2.18. The number of benzene rings is 3. The average molecular weight is 782 g/mol. The standard InChI is InChI=1S/C41H42F3N9O4/c1-6-52(7-2)14-13-45-39(56)36-24(4)34(47-25(36)5)20-33-32-12-11-30(19-35(32)51-38(33)55)50-40(57)49-29-10-8-9-28(18-29)48-37(54)26-15-27(41(42,43)44)17-31(16-26)53-21-23(3)46-22-53/h8-12,15-22,47H,6-7,13-14H2,1-5H3,(H,45,56)(H,48,54)(H,51,55)(H2,49,50,57)/b33-20-. The van der Waals surface area contributed by atoms with Gasteiger partial charge in [-0.1, -0.05) is 26.0 Å². The predicted molar refractivity (Wildman–Crippen MR) is 214 cm³/mol. The van der Waals surface area contributed by atoms with Crippen molar-refractivity contribution in [2.45, 2.75) is 40.8 Å². The summed E-state index contributed by atoms with van der Waals surface area (Å²) >= 11 is 0. The molecule has 6 N–H and O–H groups in total. The van der Waals surface area contributed by atoms with Gasteiger partial charge in [0.25, 0.3) is 17.7 Å². The van der Waals surface area contributed by atoms with Crippen molar-refractivity contribution >= 4 is 58.2 Å². The average Bonchev–Trinajstić information content (AvgIpc) is 3.82. The van der Waals surface area contributed by atoms with Gasteiger partial charge in [0.2, 0.25) is 0 Å². The van der Waals surface area contributed by atoms with Crippen molar-refractivity contribution in [1.29, 1.82) is 0 Å². The van der Waals surface area contributed by atoms with E-state index in [0.717, 1.165) is 31.8 Å². The Morgan fingerprint density at radius 3 is 2.26 bits per heavy atom. The molecule has 3 heterocycles. The van der Waals surface area contributed by atoms with E-state index >= 15 is 0 Å². The van der Waals surface area contributed by atoms with Gasteiger partial charge in [-0.15, -0.1) is 0 Å². The Balaban J connectivity index is 1.11. The summed E-state index contributed by atoms with van der Waals surface area (Å²) in [6, 6.07) is 13.5. The van der Waals surface area contributed by atoms with Crippen LogP contribution in [0.4, 0.5) is 40.7 Å². The second kappa shape index (κ2) is 16.6. The molecule has 0 saturated carbocycles. The molecule has 5 amide bonds. The van der Waals surface area contributed by atoms with Crippen LogP contribution in [0.5, 0.6) is 0 Å². The molecule has 2 aromatic heterocycles. The fourth-order valence-corrected chi connectivity index (χ4v) is 6.56. The van der Waals surface area contributed by atoms with E-state index in [0.29, 0.717) is 57.3 Å². The van der Waals surface area contributed by atoms with Crippen LogP contribution in [-0.4, -0.2) is 69.4 Å². The summed E-state index contributed by atoms with van der Waals surface area (Å²) < 4.78 is 42.6. The molecule has 16 heteroatoms. The number of carbonyl (C=O) groups is 4. The van der Waals surface area contributed by atoms with Gasteiger partial charge >= 0.3 is 12.2 Å². The number of anilines is 4. The minimum Gasteiger partial charge on any atom is -0.358 e. The lowest BCUT2D eigenvalue weighted by molar-refractivity contribution is -0.137. The molecule has 0 fully saturated rings. The number of urea groups is 1. The molecule has 0 spiro atoms. The zero-order valence-electron chi connectivity index (χ0n) is 31.9. The molecule has 0 aliphatic carbocycles. The van der Waals surface area contributed by atoms with E-state index in [1.54, 1.807) is 49.5 Å². The van der Waals surface area contributed by atoms with Gasteiger partial charge in [-0.2, -0.15) is 13.2 Å². The molecule has 6 rings (SSSR count). The van der Waals surface area contributed by atoms with Crippen molar-refractivity contribution in [3.8, 4) is 5.69 Å². The van der Waals surface area contributed by atoms with E-state index in [1.807, 2.05) is 13.8 Å². The highest BCUT2D eigenvalue weighted by molar-refractivity contribution is 6.35. The number of fused-ring (bicyclic) bond motifs is 1. The van der Waals surface area contributed by atoms with Gasteiger partial charge in [-0.3, -0.25) is 14.4 Å². The van der Waals surface area contributed by atoms with Crippen LogP contribution in [0.2, 0.25) is 0 Å². The molecule has 5 aromatic rings. The number of aromatic nitrogens is 3. The number of halogens is 3. The van der Waals surface area contributed by atoms with Crippen molar-refractivity contribution in [2.75, 3.05) is 47.4 Å². The number of likely N-dealkylation sites (N-methyl/N-ethyl adjacent to an activating group) is 1. The third kappa shape index (κ3) is 9.24. The summed E-state index contributed by atoms with van der Waals surface area (Å²) in [5.41, 5.74) is 4.41. The molecule has 0 unspecified atom stereocenters. The normalized spacial score (nSPS) is 13.1. The van der Waals surface area contributed by atoms with Gasteiger partial charge in [0.05, 0.1) is 34.4 Å². The maximum Gasteiger partial charge on any atom is 0.416 e. The number of aromatic amines is 1. The third-order valence-corrected chi connectivity index (χ3v) is 9.56. The number of hydrogen-bond acceptors (Lipinski definition) is 6. The second-order valence-corrected chi connectivity index (χ2v) is 13.5. The molecule has 1 aliphatic rings. The van der Waals surface area contributed by atoms with Crippen molar-refractivity contribution in [3.63, 3.8) is 0 Å². The summed E-state index contributed by atoms with van der Waals surface area (Å²) in [7, 11) is 0. The van der Waals surface area contributed by atoms with Crippen molar-refractivity contribution in [3.05, 3.63) is 118 Å². The van der Waals surface area contributed by atoms with E-state index in [-0.39, 0.29) is 34.4 Å². The fraction of sp³-hybridized carbons (Fsp3) is 0.244. The fourth-order valence-electron chi connectivity index (χ4n) is 6.56. The molecule has 0 radical (unpaired) electrons. The largest absolute Gasteiger partial charge is 0.416 e. The number of alkyl halides is 3. The molecule has 57 heavy (non-hydrogen) atoms. The number of nitrogens with one attached hydrogen (secondary N) is 6. The number of nitrogens with zero attached hydrogens (tertiary/aromatic N) is 3. The van der Waals surface area contributed by atoms with Crippen LogP contribution in [0.25, 0.3) is 17.3 Å². The summed E-state index contributed by atoms with van der Waals surface area (Å²) in [6.07, 6.45) is -0.0850. The molecule has 296 valence electrons. The van der Waals surface area contributed by atoms with Crippen LogP contribution in [0.1, 0.15) is 68.3 Å². The Labute approximate surface area is 326 Å². The van der Waals surface area contributed by atoms with Crippen molar-refractivity contribution in [2.24, 2.45) is 0 Å². The summed E-state index contributed by atoms with van der Waals surface area (Å²) in [5.74, 6) is -1.32. The molecular formula is C41H42F3N9O4. The van der Waals surface area contributed by atoms with Crippen LogP contribution in [0.15, 0.2) is 73.2 Å². The number of carbonyl (C=O) groups excluding carboxylic acids is 4. The summed E-state index contributed by atoms with van der Waals surface area (Å²) in [4.78, 5) is 61.8. The lowest BCUT2D eigenvalue weighted by atomic mass is 10.0. The van der Waals surface area contributed by atoms with Crippen LogP contribution in [0, 0.1) is 20.8 Å².